The number of thiazole rings is 1. The smallest absolute Gasteiger partial charge is 0.406 e. The summed E-state index contributed by atoms with van der Waals surface area (Å²) in [6.07, 6.45) is -4.81. The lowest BCUT2D eigenvalue weighted by Gasteiger charge is -2.24. The van der Waals surface area contributed by atoms with E-state index in [0.29, 0.717) is 21.8 Å². The summed E-state index contributed by atoms with van der Waals surface area (Å²) in [4.78, 5) is 18.2. The Morgan fingerprint density at radius 2 is 1.88 bits per heavy atom. The maximum absolute atomic E-state index is 12.5. The summed E-state index contributed by atoms with van der Waals surface area (Å²) < 4.78 is 61.0. The molecular weight excluding hydrogens is 481 g/mol. The standard InChI is InChI=1S/C20H15F3N4O4S2/c21-20(22,23)31-16-7-3-14(4-8-16)10-27(15-5-1-13(9-24)2-6-15)19-17(25-11-32-19)18(28)26-12-33(29)30/h1-8,11H,10,12H2,(H,26,28)(H,29,30). The van der Waals surface area contributed by atoms with Crippen molar-refractivity contribution >= 4 is 39.0 Å². The first-order valence-electron chi connectivity index (χ1n) is 9.08. The molecule has 3 aromatic rings. The third kappa shape index (κ3) is 6.75. The molecule has 1 aromatic heterocycles. The predicted molar refractivity (Wildman–Crippen MR) is 115 cm³/mol. The van der Waals surface area contributed by atoms with Gasteiger partial charge in [0.25, 0.3) is 5.91 Å². The average molecular weight is 496 g/mol. The lowest BCUT2D eigenvalue weighted by Crippen LogP contribution is -2.29. The monoisotopic (exact) mass is 496 g/mol. The minimum atomic E-state index is -4.81. The summed E-state index contributed by atoms with van der Waals surface area (Å²) in [7, 11) is 0. The highest BCUT2D eigenvalue weighted by atomic mass is 32.2. The molecule has 3 rings (SSSR count). The number of aromatic nitrogens is 1. The quantitative estimate of drug-likeness (QED) is 0.450. The van der Waals surface area contributed by atoms with E-state index in [1.54, 1.807) is 29.2 Å². The molecule has 1 unspecified atom stereocenters. The Bertz CT molecular complexity index is 1180. The Balaban J connectivity index is 1.93. The van der Waals surface area contributed by atoms with Crippen LogP contribution in [0.15, 0.2) is 54.0 Å². The highest BCUT2D eigenvalue weighted by Gasteiger charge is 2.31. The molecule has 0 aliphatic carbocycles. The van der Waals surface area contributed by atoms with Crippen LogP contribution in [0, 0.1) is 11.3 Å². The van der Waals surface area contributed by atoms with E-state index in [1.807, 2.05) is 6.07 Å². The van der Waals surface area contributed by atoms with Gasteiger partial charge in [0.1, 0.15) is 16.6 Å². The van der Waals surface area contributed by atoms with Crippen LogP contribution in [-0.2, 0) is 17.6 Å². The van der Waals surface area contributed by atoms with Crippen molar-refractivity contribution in [2.45, 2.75) is 12.9 Å². The van der Waals surface area contributed by atoms with Crippen LogP contribution in [0.25, 0.3) is 0 Å². The Hall–Kier alpha value is -3.47. The van der Waals surface area contributed by atoms with E-state index in [-0.39, 0.29) is 18.0 Å². The van der Waals surface area contributed by atoms with Crippen molar-refractivity contribution in [2.75, 3.05) is 10.8 Å². The van der Waals surface area contributed by atoms with Gasteiger partial charge in [0.15, 0.2) is 16.8 Å². The number of rotatable bonds is 8. The van der Waals surface area contributed by atoms with Crippen LogP contribution in [0.3, 0.4) is 0 Å². The highest BCUT2D eigenvalue weighted by Crippen LogP contribution is 2.34. The molecule has 0 aliphatic heterocycles. The van der Waals surface area contributed by atoms with Crippen LogP contribution >= 0.6 is 11.3 Å². The number of anilines is 2. The first-order valence-corrected chi connectivity index (χ1v) is 11.2. The van der Waals surface area contributed by atoms with Crippen LogP contribution in [0.5, 0.6) is 5.75 Å². The number of hydrogen-bond acceptors (Lipinski definition) is 7. The van der Waals surface area contributed by atoms with Gasteiger partial charge in [-0.1, -0.05) is 12.1 Å². The van der Waals surface area contributed by atoms with E-state index >= 15 is 0 Å². The molecule has 0 aliphatic rings. The summed E-state index contributed by atoms with van der Waals surface area (Å²) in [6.45, 7) is 0.145. The second-order valence-corrected chi connectivity index (χ2v) is 8.18. The van der Waals surface area contributed by atoms with Gasteiger partial charge in [-0.15, -0.1) is 24.5 Å². The second kappa shape index (κ2) is 10.4. The van der Waals surface area contributed by atoms with Crippen molar-refractivity contribution in [3.63, 3.8) is 0 Å². The minimum absolute atomic E-state index is 0.00633. The summed E-state index contributed by atoms with van der Waals surface area (Å²) >= 11 is -1.11. The van der Waals surface area contributed by atoms with Gasteiger partial charge >= 0.3 is 6.36 Å². The Morgan fingerprint density at radius 3 is 2.45 bits per heavy atom. The third-order valence-corrected chi connectivity index (χ3v) is 5.41. The maximum atomic E-state index is 12.5. The number of carbonyl (C=O) groups is 1. The zero-order valence-corrected chi connectivity index (χ0v) is 18.2. The first-order chi connectivity index (χ1) is 15.7. The van der Waals surface area contributed by atoms with Gasteiger partial charge in [-0.25, -0.2) is 9.19 Å². The number of carbonyl (C=O) groups excluding carboxylic acids is 1. The Labute approximate surface area is 192 Å². The molecule has 1 atom stereocenters. The number of benzene rings is 2. The van der Waals surface area contributed by atoms with Crippen molar-refractivity contribution in [3.05, 3.63) is 70.9 Å². The fourth-order valence-electron chi connectivity index (χ4n) is 2.77. The normalized spacial score (nSPS) is 12.0. The van der Waals surface area contributed by atoms with Crippen LogP contribution in [0.2, 0.25) is 0 Å². The van der Waals surface area contributed by atoms with Crippen molar-refractivity contribution in [1.29, 1.82) is 5.26 Å². The van der Waals surface area contributed by atoms with Gasteiger partial charge in [-0.2, -0.15) is 5.26 Å². The van der Waals surface area contributed by atoms with Crippen molar-refractivity contribution in [1.82, 2.24) is 10.3 Å². The fourth-order valence-corrected chi connectivity index (χ4v) is 3.84. The third-order valence-electron chi connectivity index (χ3n) is 4.17. The molecule has 2 N–H and O–H groups in total. The van der Waals surface area contributed by atoms with E-state index in [4.69, 9.17) is 9.81 Å². The van der Waals surface area contributed by atoms with Crippen LogP contribution < -0.4 is 15.0 Å². The summed E-state index contributed by atoms with van der Waals surface area (Å²) in [6, 6.07) is 13.7. The number of amides is 1. The molecule has 0 fully saturated rings. The van der Waals surface area contributed by atoms with Gasteiger partial charge in [0, 0.05) is 12.2 Å². The Morgan fingerprint density at radius 1 is 1.21 bits per heavy atom. The number of nitriles is 1. The van der Waals surface area contributed by atoms with E-state index in [0.717, 1.165) is 11.3 Å². The second-order valence-electron chi connectivity index (χ2n) is 6.41. The molecule has 1 heterocycles. The molecule has 0 bridgehead atoms. The molecule has 0 saturated carbocycles. The number of alkyl halides is 3. The molecule has 0 radical (unpaired) electrons. The molecule has 0 saturated heterocycles. The summed E-state index contributed by atoms with van der Waals surface area (Å²) in [5.74, 6) is -1.51. The number of ether oxygens (including phenoxy) is 1. The van der Waals surface area contributed by atoms with Crippen LogP contribution in [0.4, 0.5) is 23.9 Å². The zero-order chi connectivity index (χ0) is 24.0. The fraction of sp³-hybridized carbons (Fsp3) is 0.150. The maximum Gasteiger partial charge on any atom is 0.573 e. The molecule has 2 aromatic carbocycles. The minimum Gasteiger partial charge on any atom is -0.406 e. The molecule has 33 heavy (non-hydrogen) atoms. The number of nitrogens with one attached hydrogen (secondary N) is 1. The van der Waals surface area contributed by atoms with Crippen molar-refractivity contribution in [2.24, 2.45) is 0 Å². The topological polar surface area (TPSA) is 116 Å². The molecule has 13 heteroatoms. The van der Waals surface area contributed by atoms with Gasteiger partial charge in [-0.3, -0.25) is 4.79 Å². The van der Waals surface area contributed by atoms with E-state index in [9.17, 15) is 22.2 Å². The number of halogens is 3. The molecule has 1 amide bonds. The van der Waals surface area contributed by atoms with Crippen molar-refractivity contribution in [3.8, 4) is 11.8 Å². The SMILES string of the molecule is N#Cc1ccc(N(Cc2ccc(OC(F)(F)F)cc2)c2scnc2C(=O)NCS(=O)O)cc1. The van der Waals surface area contributed by atoms with Gasteiger partial charge in [-0.05, 0) is 42.0 Å². The van der Waals surface area contributed by atoms with Gasteiger partial charge in [0.05, 0.1) is 17.1 Å². The van der Waals surface area contributed by atoms with Gasteiger partial charge < -0.3 is 19.5 Å². The summed E-state index contributed by atoms with van der Waals surface area (Å²) in [5.41, 5.74) is 3.04. The van der Waals surface area contributed by atoms with E-state index < -0.39 is 29.2 Å². The van der Waals surface area contributed by atoms with E-state index in [2.05, 4.69) is 15.0 Å². The summed E-state index contributed by atoms with van der Waals surface area (Å²) in [5, 5.41) is 11.8. The van der Waals surface area contributed by atoms with Crippen LogP contribution in [0.1, 0.15) is 21.6 Å². The predicted octanol–water partition coefficient (Wildman–Crippen LogP) is 4.16. The molecule has 0 spiro atoms. The Kier molecular flexibility index (Phi) is 7.64. The van der Waals surface area contributed by atoms with Gasteiger partial charge in [0.2, 0.25) is 0 Å². The number of hydrogen-bond donors (Lipinski definition) is 2. The molecular formula is C20H15F3N4O4S2. The largest absolute Gasteiger partial charge is 0.573 e. The highest BCUT2D eigenvalue weighted by molar-refractivity contribution is 7.79. The lowest BCUT2D eigenvalue weighted by molar-refractivity contribution is -0.274. The first kappa shape index (κ1) is 24.2. The van der Waals surface area contributed by atoms with E-state index in [1.165, 1.54) is 29.8 Å². The van der Waals surface area contributed by atoms with Crippen molar-refractivity contribution < 1.29 is 31.5 Å². The number of nitrogens with zero attached hydrogens (tertiary/aromatic N) is 3. The zero-order valence-electron chi connectivity index (χ0n) is 16.6. The average Bonchev–Trinajstić information content (AvgIpc) is 3.25. The molecule has 172 valence electrons. The molecule has 8 nitrogen and oxygen atoms in total. The lowest BCUT2D eigenvalue weighted by atomic mass is 10.1. The van der Waals surface area contributed by atoms with Crippen LogP contribution in [-0.4, -0.2) is 31.9 Å².